The molecule has 2 unspecified atom stereocenters. The summed E-state index contributed by atoms with van der Waals surface area (Å²) in [5.74, 6) is -0.238. The maximum atomic E-state index is 13.2. The molecule has 0 aliphatic carbocycles. The number of benzene rings is 2. The molecule has 0 fully saturated rings. The van der Waals surface area contributed by atoms with Gasteiger partial charge in [0.2, 0.25) is 17.7 Å². The number of carbonyl (C=O) groups excluding carboxylic acids is 3. The maximum Gasteiger partial charge on any atom is 0.242 e. The fraction of sp³-hybridized carbons (Fsp3) is 0.444. The Morgan fingerprint density at radius 3 is 2.21 bits per heavy atom. The van der Waals surface area contributed by atoms with Crippen LogP contribution in [-0.2, 0) is 27.3 Å². The predicted octanol–water partition coefficient (Wildman–Crippen LogP) is -0.0990. The van der Waals surface area contributed by atoms with E-state index in [1.807, 2.05) is 36.4 Å². The average Bonchev–Trinajstić information content (AvgIpc) is 2.93. The lowest BCUT2D eigenvalue weighted by atomic mass is 10.0. The number of amides is 3. The summed E-state index contributed by atoms with van der Waals surface area (Å²) in [7, 11) is 3.06. The minimum Gasteiger partial charge on any atom is -0.493 e. The molecule has 2 rings (SSSR count). The second-order valence-corrected chi connectivity index (χ2v) is 8.72. The number of hydrogen-bond donors (Lipinski definition) is 5. The van der Waals surface area contributed by atoms with E-state index in [9.17, 15) is 14.4 Å². The van der Waals surface area contributed by atoms with E-state index >= 15 is 0 Å². The third-order valence-electron chi connectivity index (χ3n) is 6.02. The van der Waals surface area contributed by atoms with Gasteiger partial charge < -0.3 is 42.2 Å². The summed E-state index contributed by atoms with van der Waals surface area (Å²) in [6.45, 7) is 1.34. The van der Waals surface area contributed by atoms with Crippen molar-refractivity contribution in [3.8, 4) is 11.5 Å². The summed E-state index contributed by atoms with van der Waals surface area (Å²) in [6.07, 6.45) is 0.667. The van der Waals surface area contributed by atoms with E-state index < -0.39 is 18.0 Å². The molecule has 0 aliphatic heterocycles. The highest BCUT2D eigenvalue weighted by atomic mass is 16.5. The van der Waals surface area contributed by atoms with Crippen molar-refractivity contribution in [3.05, 3.63) is 59.7 Å². The molecule has 0 heterocycles. The lowest BCUT2D eigenvalue weighted by Crippen LogP contribution is -2.53. The van der Waals surface area contributed by atoms with Gasteiger partial charge in [-0.25, -0.2) is 0 Å². The normalized spacial score (nSPS) is 12.2. The molecule has 38 heavy (non-hydrogen) atoms. The van der Waals surface area contributed by atoms with Crippen LogP contribution >= 0.6 is 0 Å². The van der Waals surface area contributed by atoms with Gasteiger partial charge in [-0.1, -0.05) is 42.5 Å². The summed E-state index contributed by atoms with van der Waals surface area (Å²) in [5, 5.41) is 5.60. The van der Waals surface area contributed by atoms with Gasteiger partial charge in [-0.2, -0.15) is 0 Å². The average molecular weight is 529 g/mol. The largest absolute Gasteiger partial charge is 0.493 e. The smallest absolute Gasteiger partial charge is 0.242 e. The molecule has 0 aromatic heterocycles. The van der Waals surface area contributed by atoms with Crippen LogP contribution in [0.4, 0.5) is 0 Å². The summed E-state index contributed by atoms with van der Waals surface area (Å²) >= 11 is 0. The quantitative estimate of drug-likeness (QED) is 0.201. The SMILES string of the molecule is COc1cccc(CNC(=O)C(CCc2ccccc2)NC(=O)C(N)CC(=O)N(CCN)CCN)c1OC. The van der Waals surface area contributed by atoms with E-state index in [-0.39, 0.29) is 37.9 Å². The Kier molecular flexibility index (Phi) is 13.0. The monoisotopic (exact) mass is 528 g/mol. The number of nitrogens with one attached hydrogen (secondary N) is 2. The van der Waals surface area contributed by atoms with Crippen molar-refractivity contribution in [1.29, 1.82) is 0 Å². The molecule has 0 bridgehead atoms. The first-order chi connectivity index (χ1) is 18.3. The highest BCUT2D eigenvalue weighted by Gasteiger charge is 2.26. The molecule has 208 valence electrons. The number of nitrogens with zero attached hydrogens (tertiary/aromatic N) is 1. The van der Waals surface area contributed by atoms with E-state index in [4.69, 9.17) is 26.7 Å². The van der Waals surface area contributed by atoms with Crippen molar-refractivity contribution in [2.24, 2.45) is 17.2 Å². The number of carbonyl (C=O) groups is 3. The maximum absolute atomic E-state index is 13.2. The van der Waals surface area contributed by atoms with Crippen LogP contribution in [0.25, 0.3) is 0 Å². The second-order valence-electron chi connectivity index (χ2n) is 8.72. The highest BCUT2D eigenvalue weighted by molar-refractivity contribution is 5.92. The predicted molar refractivity (Wildman–Crippen MR) is 145 cm³/mol. The van der Waals surface area contributed by atoms with E-state index in [1.54, 1.807) is 12.1 Å². The molecular formula is C27H40N6O5. The summed E-state index contributed by atoms with van der Waals surface area (Å²) < 4.78 is 10.8. The van der Waals surface area contributed by atoms with Gasteiger partial charge in [0.25, 0.3) is 0 Å². The molecule has 11 heteroatoms. The van der Waals surface area contributed by atoms with Gasteiger partial charge in [-0.15, -0.1) is 0 Å². The van der Waals surface area contributed by atoms with Crippen molar-refractivity contribution in [3.63, 3.8) is 0 Å². The molecule has 0 aliphatic rings. The van der Waals surface area contributed by atoms with Gasteiger partial charge in [-0.3, -0.25) is 14.4 Å². The Hall–Kier alpha value is -3.67. The van der Waals surface area contributed by atoms with Gasteiger partial charge in [-0.05, 0) is 24.5 Å². The van der Waals surface area contributed by atoms with Crippen molar-refractivity contribution in [1.82, 2.24) is 15.5 Å². The molecule has 0 spiro atoms. The summed E-state index contributed by atoms with van der Waals surface area (Å²) in [4.78, 5) is 40.2. The molecule has 2 aromatic rings. The van der Waals surface area contributed by atoms with Gasteiger partial charge in [0.15, 0.2) is 11.5 Å². The van der Waals surface area contributed by atoms with Gasteiger partial charge in [0.1, 0.15) is 6.04 Å². The first kappa shape index (κ1) is 30.6. The molecule has 2 atom stereocenters. The molecular weight excluding hydrogens is 488 g/mol. The van der Waals surface area contributed by atoms with E-state index in [2.05, 4.69) is 10.6 Å². The third kappa shape index (κ3) is 9.33. The Morgan fingerprint density at radius 2 is 1.61 bits per heavy atom. The number of hydrogen-bond acceptors (Lipinski definition) is 8. The number of methoxy groups -OCH3 is 2. The Labute approximate surface area is 224 Å². The second kappa shape index (κ2) is 16.2. The van der Waals surface area contributed by atoms with E-state index in [0.717, 1.165) is 11.1 Å². The fourth-order valence-electron chi connectivity index (χ4n) is 3.98. The zero-order valence-electron chi connectivity index (χ0n) is 22.2. The summed E-state index contributed by atoms with van der Waals surface area (Å²) in [5.41, 5.74) is 18.9. The van der Waals surface area contributed by atoms with Crippen LogP contribution in [0.3, 0.4) is 0 Å². The van der Waals surface area contributed by atoms with Crippen LogP contribution in [0.15, 0.2) is 48.5 Å². The molecule has 11 nitrogen and oxygen atoms in total. The van der Waals surface area contributed by atoms with Crippen molar-refractivity contribution >= 4 is 17.7 Å². The Morgan fingerprint density at radius 1 is 0.921 bits per heavy atom. The minimum atomic E-state index is -1.13. The lowest BCUT2D eigenvalue weighted by molar-refractivity contribution is -0.135. The fourth-order valence-corrected chi connectivity index (χ4v) is 3.98. The molecule has 2 aromatic carbocycles. The van der Waals surface area contributed by atoms with Crippen molar-refractivity contribution in [2.45, 2.75) is 37.9 Å². The topological polar surface area (TPSA) is 175 Å². The first-order valence-electron chi connectivity index (χ1n) is 12.6. The minimum absolute atomic E-state index is 0.161. The number of ether oxygens (including phenoxy) is 2. The molecule has 8 N–H and O–H groups in total. The molecule has 0 saturated carbocycles. The van der Waals surface area contributed by atoms with E-state index in [1.165, 1.54) is 19.1 Å². The number of nitrogens with two attached hydrogens (primary N) is 3. The third-order valence-corrected chi connectivity index (χ3v) is 6.02. The van der Waals surface area contributed by atoms with Crippen molar-refractivity contribution < 1.29 is 23.9 Å². The molecule has 0 radical (unpaired) electrons. The van der Waals surface area contributed by atoms with Gasteiger partial charge >= 0.3 is 0 Å². The van der Waals surface area contributed by atoms with Gasteiger partial charge in [0.05, 0.1) is 26.7 Å². The number of rotatable bonds is 16. The van der Waals surface area contributed by atoms with Crippen molar-refractivity contribution in [2.75, 3.05) is 40.4 Å². The van der Waals surface area contributed by atoms with Crippen LogP contribution in [0, 0.1) is 0 Å². The first-order valence-corrected chi connectivity index (χ1v) is 12.6. The number of para-hydroxylation sites is 1. The van der Waals surface area contributed by atoms with Crippen LogP contribution in [0.1, 0.15) is 24.0 Å². The molecule has 0 saturated heterocycles. The van der Waals surface area contributed by atoms with Crippen LogP contribution < -0.4 is 37.3 Å². The van der Waals surface area contributed by atoms with E-state index in [0.29, 0.717) is 37.4 Å². The summed E-state index contributed by atoms with van der Waals surface area (Å²) in [6, 6.07) is 13.0. The van der Waals surface area contributed by atoms with Gasteiger partial charge in [0, 0.05) is 38.3 Å². The highest BCUT2D eigenvalue weighted by Crippen LogP contribution is 2.30. The lowest BCUT2D eigenvalue weighted by Gasteiger charge is -2.24. The standard InChI is InChI=1S/C27H40N6O5/c1-37-23-10-6-9-20(25(23)38-2)18-31-27(36)22(12-11-19-7-4-3-5-8-19)32-26(35)21(30)17-24(34)33(15-13-28)16-14-29/h3-10,21-22H,11-18,28-30H2,1-2H3,(H,31,36)(H,32,35). The number of aryl methyl sites for hydroxylation is 1. The van der Waals surface area contributed by atoms with Crippen LogP contribution in [0.5, 0.6) is 11.5 Å². The zero-order chi connectivity index (χ0) is 27.9. The zero-order valence-corrected chi connectivity index (χ0v) is 22.2. The van der Waals surface area contributed by atoms with Crippen LogP contribution in [-0.4, -0.2) is 75.1 Å². The Bertz CT molecular complexity index is 1030. The molecule has 3 amide bonds. The Balaban J connectivity index is 2.10. The van der Waals surface area contributed by atoms with Crippen LogP contribution in [0.2, 0.25) is 0 Å².